The van der Waals surface area contributed by atoms with Crippen LogP contribution in [0.4, 0.5) is 8.68 Å². The van der Waals surface area contributed by atoms with Gasteiger partial charge in [-0.25, -0.2) is 4.79 Å². The van der Waals surface area contributed by atoms with E-state index in [0.29, 0.717) is 6.42 Å². The number of alkyl carbamates (subject to hydrolysis) is 1. The Bertz CT molecular complexity index is 409. The predicted octanol–water partition coefficient (Wildman–Crippen LogP) is 2.12. The van der Waals surface area contributed by atoms with E-state index < -0.39 is 33.2 Å². The number of hydrogen-bond donors (Lipinski definition) is 1. The topological polar surface area (TPSA) is 72.5 Å². The summed E-state index contributed by atoms with van der Waals surface area (Å²) in [6, 6.07) is 0. The number of amides is 1. The predicted molar refractivity (Wildman–Crippen MR) is 65.5 cm³/mol. The molecule has 1 aliphatic rings. The fourth-order valence-electron chi connectivity index (χ4n) is 1.69. The van der Waals surface area contributed by atoms with Crippen LogP contribution >= 0.6 is 0 Å². The summed E-state index contributed by atoms with van der Waals surface area (Å²) in [5.41, 5.74) is -0.963. The zero-order valence-electron chi connectivity index (χ0n) is 11.0. The van der Waals surface area contributed by atoms with Gasteiger partial charge in [-0.05, 0) is 46.5 Å². The largest absolute Gasteiger partial charge is 0.444 e. The van der Waals surface area contributed by atoms with Gasteiger partial charge in [-0.15, -0.1) is 3.89 Å². The van der Waals surface area contributed by atoms with Crippen LogP contribution in [0, 0.1) is 0 Å². The van der Waals surface area contributed by atoms with E-state index in [2.05, 4.69) is 5.32 Å². The molecule has 1 saturated carbocycles. The molecule has 0 aliphatic heterocycles. The fraction of sp³-hybridized carbons (Fsp3) is 0.909. The third kappa shape index (κ3) is 6.18. The zero-order valence-corrected chi connectivity index (χ0v) is 11.8. The van der Waals surface area contributed by atoms with Crippen molar-refractivity contribution >= 4 is 16.3 Å². The summed E-state index contributed by atoms with van der Waals surface area (Å²) in [5.74, 6) is -0.495. The van der Waals surface area contributed by atoms with Crippen LogP contribution in [0.25, 0.3) is 0 Å². The lowest BCUT2D eigenvalue weighted by Gasteiger charge is -2.23. The molecule has 1 N–H and O–H groups in total. The lowest BCUT2D eigenvalue weighted by Crippen LogP contribution is -2.40. The van der Waals surface area contributed by atoms with Crippen LogP contribution in [0.2, 0.25) is 0 Å². The first kappa shape index (κ1) is 15.2. The molecular weight excluding hydrogens is 261 g/mol. The Morgan fingerprint density at radius 2 is 1.94 bits per heavy atom. The van der Waals surface area contributed by atoms with Gasteiger partial charge in [-0.3, -0.25) is 0 Å². The molecule has 0 aromatic carbocycles. The molecule has 0 bridgehead atoms. The van der Waals surface area contributed by atoms with E-state index in [-0.39, 0.29) is 6.42 Å². The quantitative estimate of drug-likeness (QED) is 0.783. The van der Waals surface area contributed by atoms with Crippen molar-refractivity contribution < 1.29 is 21.8 Å². The monoisotopic (exact) mass is 281 g/mol. The number of halogens is 1. The van der Waals surface area contributed by atoms with E-state index in [0.717, 1.165) is 12.8 Å². The molecular formula is C11H20FNO4S. The number of ether oxygens (including phenoxy) is 1. The summed E-state index contributed by atoms with van der Waals surface area (Å²) in [5, 5.41) is 2.73. The van der Waals surface area contributed by atoms with Crippen LogP contribution in [0.3, 0.4) is 0 Å². The maximum absolute atomic E-state index is 12.3. The highest BCUT2D eigenvalue weighted by atomic mass is 32.3. The minimum Gasteiger partial charge on any atom is -0.444 e. The third-order valence-electron chi connectivity index (χ3n) is 2.66. The first-order valence-corrected chi connectivity index (χ1v) is 7.50. The van der Waals surface area contributed by atoms with E-state index in [9.17, 15) is 17.1 Å². The average molecular weight is 281 g/mol. The lowest BCUT2D eigenvalue weighted by molar-refractivity contribution is 0.0493. The molecule has 0 spiro atoms. The Hall–Kier alpha value is -0.850. The molecule has 5 nitrogen and oxygen atoms in total. The number of nitrogens with one attached hydrogen (secondary N) is 1. The Morgan fingerprint density at radius 1 is 1.39 bits per heavy atom. The smallest absolute Gasteiger partial charge is 0.408 e. The summed E-state index contributed by atoms with van der Waals surface area (Å²) in [6.45, 7) is 5.30. The Balaban J connectivity index is 2.35. The van der Waals surface area contributed by atoms with Crippen molar-refractivity contribution in [2.75, 3.05) is 5.75 Å². The second-order valence-electron chi connectivity index (χ2n) is 5.75. The number of rotatable bonds is 5. The van der Waals surface area contributed by atoms with Gasteiger partial charge in [-0.1, -0.05) is 0 Å². The van der Waals surface area contributed by atoms with E-state index in [1.807, 2.05) is 0 Å². The highest BCUT2D eigenvalue weighted by molar-refractivity contribution is 7.86. The Kier molecular flexibility index (Phi) is 4.25. The second kappa shape index (κ2) is 5.03. The average Bonchev–Trinajstić information content (AvgIpc) is 2.78. The van der Waals surface area contributed by atoms with Gasteiger partial charge in [0.2, 0.25) is 0 Å². The molecule has 1 fully saturated rings. The van der Waals surface area contributed by atoms with Crippen LogP contribution in [-0.2, 0) is 15.0 Å². The van der Waals surface area contributed by atoms with Gasteiger partial charge in [0.25, 0.3) is 0 Å². The summed E-state index contributed by atoms with van der Waals surface area (Å²) < 4.78 is 38.2. The number of carbonyl (C=O) groups excluding carboxylic acids is 1. The van der Waals surface area contributed by atoms with Gasteiger partial charge in [0.05, 0.1) is 5.75 Å². The molecule has 18 heavy (non-hydrogen) atoms. The van der Waals surface area contributed by atoms with Crippen LogP contribution in [0.1, 0.15) is 46.5 Å². The van der Waals surface area contributed by atoms with Crippen LogP contribution < -0.4 is 5.32 Å². The molecule has 1 rings (SSSR count). The molecule has 0 radical (unpaired) electrons. The van der Waals surface area contributed by atoms with Crippen LogP contribution in [0.5, 0.6) is 0 Å². The lowest BCUT2D eigenvalue weighted by atomic mass is 10.1. The molecule has 106 valence electrons. The summed E-state index contributed by atoms with van der Waals surface area (Å²) in [4.78, 5) is 11.5. The van der Waals surface area contributed by atoms with Crippen molar-refractivity contribution in [2.45, 2.75) is 57.6 Å². The molecule has 0 heterocycles. The summed E-state index contributed by atoms with van der Waals surface area (Å²) >= 11 is 0. The van der Waals surface area contributed by atoms with Crippen molar-refractivity contribution in [1.82, 2.24) is 5.32 Å². The number of carbonyl (C=O) groups is 1. The third-order valence-corrected chi connectivity index (χ3v) is 3.44. The summed E-state index contributed by atoms with van der Waals surface area (Å²) in [7, 11) is -4.42. The number of hydrogen-bond acceptors (Lipinski definition) is 4. The molecule has 0 unspecified atom stereocenters. The van der Waals surface area contributed by atoms with Gasteiger partial charge in [0, 0.05) is 5.54 Å². The van der Waals surface area contributed by atoms with Gasteiger partial charge in [0.1, 0.15) is 5.60 Å². The van der Waals surface area contributed by atoms with Crippen molar-refractivity contribution in [2.24, 2.45) is 0 Å². The molecule has 0 aromatic rings. The van der Waals surface area contributed by atoms with Gasteiger partial charge >= 0.3 is 16.3 Å². The van der Waals surface area contributed by atoms with E-state index in [1.54, 1.807) is 20.8 Å². The molecule has 1 aliphatic carbocycles. The maximum Gasteiger partial charge on any atom is 0.408 e. The van der Waals surface area contributed by atoms with Crippen molar-refractivity contribution in [3.05, 3.63) is 0 Å². The maximum atomic E-state index is 12.3. The van der Waals surface area contributed by atoms with E-state index in [1.165, 1.54) is 0 Å². The molecule has 0 aromatic heterocycles. The van der Waals surface area contributed by atoms with Crippen molar-refractivity contribution in [1.29, 1.82) is 0 Å². The molecule has 1 amide bonds. The van der Waals surface area contributed by atoms with Crippen LogP contribution in [-0.4, -0.2) is 31.4 Å². The Labute approximate surface area is 107 Å². The Morgan fingerprint density at radius 3 is 2.33 bits per heavy atom. The standard InChI is InChI=1S/C11H20FNO4S/c1-10(2,3)17-9(14)13-11(6-7-11)5-4-8-18(12,15)16/h4-8H2,1-3H3,(H,13,14). The minimum atomic E-state index is -4.42. The summed E-state index contributed by atoms with van der Waals surface area (Å²) in [6.07, 6.45) is 1.70. The molecule has 0 saturated heterocycles. The SMILES string of the molecule is CC(C)(C)OC(=O)NC1(CCCS(=O)(=O)F)CC1. The first-order chi connectivity index (χ1) is 8.02. The van der Waals surface area contributed by atoms with Crippen molar-refractivity contribution in [3.63, 3.8) is 0 Å². The van der Waals surface area contributed by atoms with Crippen molar-refractivity contribution in [3.8, 4) is 0 Å². The molecule has 0 atom stereocenters. The fourth-order valence-corrected chi connectivity index (χ4v) is 2.18. The van der Waals surface area contributed by atoms with Crippen LogP contribution in [0.15, 0.2) is 0 Å². The van der Waals surface area contributed by atoms with E-state index >= 15 is 0 Å². The van der Waals surface area contributed by atoms with Gasteiger partial charge < -0.3 is 10.1 Å². The van der Waals surface area contributed by atoms with Gasteiger partial charge in [-0.2, -0.15) is 8.42 Å². The normalized spacial score (nSPS) is 18.2. The highest BCUT2D eigenvalue weighted by Gasteiger charge is 2.44. The molecule has 7 heteroatoms. The second-order valence-corrected chi connectivity index (χ2v) is 7.24. The van der Waals surface area contributed by atoms with E-state index in [4.69, 9.17) is 4.74 Å². The first-order valence-electron chi connectivity index (χ1n) is 5.95. The zero-order chi connectivity index (χ0) is 14.0. The highest BCUT2D eigenvalue weighted by Crippen LogP contribution is 2.40. The van der Waals surface area contributed by atoms with Gasteiger partial charge in [0.15, 0.2) is 0 Å². The minimum absolute atomic E-state index is 0.203.